The molecule has 0 aliphatic heterocycles. The van der Waals surface area contributed by atoms with Gasteiger partial charge >= 0.3 is 5.97 Å². The predicted molar refractivity (Wildman–Crippen MR) is 64.6 cm³/mol. The number of ether oxygens (including phenoxy) is 1. The summed E-state index contributed by atoms with van der Waals surface area (Å²) in [5.41, 5.74) is 0. The molecule has 0 radical (unpaired) electrons. The van der Waals surface area contributed by atoms with E-state index in [4.69, 9.17) is 9.15 Å². The Balaban J connectivity index is 1.70. The summed E-state index contributed by atoms with van der Waals surface area (Å²) in [5, 5.41) is 2.73. The molecule has 5 nitrogen and oxygen atoms in total. The monoisotopic (exact) mass is 249 g/mol. The number of hydrogen-bond acceptors (Lipinski definition) is 4. The van der Waals surface area contributed by atoms with Gasteiger partial charge in [-0.1, -0.05) is 0 Å². The highest BCUT2D eigenvalue weighted by Crippen LogP contribution is 2.18. The fraction of sp³-hybridized carbons (Fsp3) is 0.385. The van der Waals surface area contributed by atoms with Crippen LogP contribution in [0.4, 0.5) is 0 Å². The van der Waals surface area contributed by atoms with E-state index in [1.54, 1.807) is 12.1 Å². The van der Waals surface area contributed by atoms with Crippen molar-refractivity contribution in [1.82, 2.24) is 5.32 Å². The smallest absolute Gasteiger partial charge is 0.331 e. The molecule has 1 heterocycles. The first-order chi connectivity index (χ1) is 8.63. The summed E-state index contributed by atoms with van der Waals surface area (Å²) in [4.78, 5) is 22.5. The van der Waals surface area contributed by atoms with Gasteiger partial charge in [-0.2, -0.15) is 0 Å². The first kappa shape index (κ1) is 12.4. The molecular weight excluding hydrogens is 234 g/mol. The highest BCUT2D eigenvalue weighted by Gasteiger charge is 2.23. The first-order valence-corrected chi connectivity index (χ1v) is 5.84. The summed E-state index contributed by atoms with van der Waals surface area (Å²) in [5.74, 6) is 0.529. The van der Waals surface area contributed by atoms with Gasteiger partial charge in [0.2, 0.25) is 0 Å². The number of carbonyl (C=O) groups is 2. The van der Waals surface area contributed by atoms with Crippen LogP contribution in [0.3, 0.4) is 0 Å². The van der Waals surface area contributed by atoms with Crippen molar-refractivity contribution in [2.75, 3.05) is 6.61 Å². The lowest BCUT2D eigenvalue weighted by Crippen LogP contribution is -2.30. The molecule has 0 aromatic carbocycles. The Hall–Kier alpha value is -2.04. The van der Waals surface area contributed by atoms with Crippen molar-refractivity contribution in [2.45, 2.75) is 25.8 Å². The Morgan fingerprint density at radius 3 is 2.89 bits per heavy atom. The number of nitrogens with one attached hydrogen (secondary N) is 1. The minimum atomic E-state index is -0.560. The maximum atomic E-state index is 11.3. The van der Waals surface area contributed by atoms with Gasteiger partial charge in [-0.25, -0.2) is 4.79 Å². The van der Waals surface area contributed by atoms with Crippen molar-refractivity contribution in [3.63, 3.8) is 0 Å². The Morgan fingerprint density at radius 1 is 1.50 bits per heavy atom. The van der Waals surface area contributed by atoms with Crippen LogP contribution in [0.5, 0.6) is 0 Å². The molecule has 1 aromatic heterocycles. The molecule has 0 spiro atoms. The molecular formula is C13H15NO4. The van der Waals surface area contributed by atoms with Crippen molar-refractivity contribution < 1.29 is 18.7 Å². The molecule has 0 atom stereocenters. The van der Waals surface area contributed by atoms with Crippen LogP contribution in [0, 0.1) is 6.92 Å². The van der Waals surface area contributed by atoms with Crippen molar-refractivity contribution in [2.24, 2.45) is 0 Å². The zero-order chi connectivity index (χ0) is 13.0. The average molecular weight is 249 g/mol. The summed E-state index contributed by atoms with van der Waals surface area (Å²) >= 11 is 0. The van der Waals surface area contributed by atoms with Gasteiger partial charge < -0.3 is 14.5 Å². The van der Waals surface area contributed by atoms with Crippen LogP contribution >= 0.6 is 0 Å². The van der Waals surface area contributed by atoms with E-state index in [0.717, 1.165) is 18.6 Å². The minimum absolute atomic E-state index is 0.239. The van der Waals surface area contributed by atoms with Gasteiger partial charge in [0.1, 0.15) is 11.5 Å². The lowest BCUT2D eigenvalue weighted by atomic mass is 10.4. The van der Waals surface area contributed by atoms with E-state index in [-0.39, 0.29) is 18.6 Å². The van der Waals surface area contributed by atoms with Gasteiger partial charge in [-0.3, -0.25) is 4.79 Å². The maximum Gasteiger partial charge on any atom is 0.331 e. The maximum absolute atomic E-state index is 11.3. The molecule has 1 aliphatic carbocycles. The van der Waals surface area contributed by atoms with E-state index in [1.165, 1.54) is 12.2 Å². The van der Waals surface area contributed by atoms with Gasteiger partial charge in [-0.05, 0) is 38.0 Å². The van der Waals surface area contributed by atoms with E-state index in [2.05, 4.69) is 5.32 Å². The third kappa shape index (κ3) is 4.08. The van der Waals surface area contributed by atoms with Crippen LogP contribution in [-0.2, 0) is 14.3 Å². The van der Waals surface area contributed by atoms with Crippen molar-refractivity contribution in [3.05, 3.63) is 29.7 Å². The van der Waals surface area contributed by atoms with Crippen LogP contribution < -0.4 is 5.32 Å². The number of hydrogen-bond donors (Lipinski definition) is 1. The lowest BCUT2D eigenvalue weighted by Gasteiger charge is -2.02. The summed E-state index contributed by atoms with van der Waals surface area (Å²) in [6, 6.07) is 3.82. The van der Waals surface area contributed by atoms with Gasteiger partial charge in [0, 0.05) is 12.1 Å². The normalized spacial score (nSPS) is 14.7. The fourth-order valence-corrected chi connectivity index (χ4v) is 1.37. The molecule has 1 fully saturated rings. The number of esters is 1. The molecule has 1 aliphatic rings. The molecule has 18 heavy (non-hydrogen) atoms. The Labute approximate surface area is 105 Å². The third-order valence-electron chi connectivity index (χ3n) is 2.43. The summed E-state index contributed by atoms with van der Waals surface area (Å²) in [6.45, 7) is 1.58. The highest BCUT2D eigenvalue weighted by atomic mass is 16.5. The quantitative estimate of drug-likeness (QED) is 0.633. The zero-order valence-corrected chi connectivity index (χ0v) is 10.1. The number of furan rings is 1. The first-order valence-electron chi connectivity index (χ1n) is 5.84. The number of rotatable bonds is 5. The second-order valence-electron chi connectivity index (χ2n) is 4.23. The third-order valence-corrected chi connectivity index (χ3v) is 2.43. The predicted octanol–water partition coefficient (Wildman–Crippen LogP) is 1.42. The second-order valence-corrected chi connectivity index (χ2v) is 4.23. The van der Waals surface area contributed by atoms with Crippen LogP contribution in [0.25, 0.3) is 6.08 Å². The molecule has 96 valence electrons. The van der Waals surface area contributed by atoms with Gasteiger partial charge in [0.05, 0.1) is 0 Å². The SMILES string of the molecule is Cc1ccc(C=CC(=O)OCC(=O)NC2CC2)o1. The van der Waals surface area contributed by atoms with E-state index < -0.39 is 5.97 Å². The number of carbonyl (C=O) groups excluding carboxylic acids is 2. The van der Waals surface area contributed by atoms with Gasteiger partial charge in [0.15, 0.2) is 6.61 Å². The molecule has 1 amide bonds. The van der Waals surface area contributed by atoms with Gasteiger partial charge in [-0.15, -0.1) is 0 Å². The molecule has 0 unspecified atom stereocenters. The van der Waals surface area contributed by atoms with Crippen molar-refractivity contribution in [3.8, 4) is 0 Å². The molecule has 0 bridgehead atoms. The molecule has 1 aromatic rings. The van der Waals surface area contributed by atoms with E-state index >= 15 is 0 Å². The Bertz CT molecular complexity index is 471. The summed E-state index contributed by atoms with van der Waals surface area (Å²) in [7, 11) is 0. The van der Waals surface area contributed by atoms with Gasteiger partial charge in [0.25, 0.3) is 5.91 Å². The highest BCUT2D eigenvalue weighted by molar-refractivity contribution is 5.89. The van der Waals surface area contributed by atoms with E-state index in [1.807, 2.05) is 6.92 Å². The summed E-state index contributed by atoms with van der Waals surface area (Å²) in [6.07, 6.45) is 4.77. The van der Waals surface area contributed by atoms with Crippen LogP contribution in [0.15, 0.2) is 22.6 Å². The molecule has 1 N–H and O–H groups in total. The summed E-state index contributed by atoms with van der Waals surface area (Å²) < 4.78 is 10.0. The van der Waals surface area contributed by atoms with Crippen LogP contribution in [0.2, 0.25) is 0 Å². The molecule has 5 heteroatoms. The number of aryl methyl sites for hydroxylation is 1. The standard InChI is InChI=1S/C13H15NO4/c1-9-2-5-11(18-9)6-7-13(16)17-8-12(15)14-10-3-4-10/h2,5-7,10H,3-4,8H2,1H3,(H,14,15). The van der Waals surface area contributed by atoms with E-state index in [9.17, 15) is 9.59 Å². The minimum Gasteiger partial charge on any atom is -0.462 e. The lowest BCUT2D eigenvalue weighted by molar-refractivity contribution is -0.143. The van der Waals surface area contributed by atoms with E-state index in [0.29, 0.717) is 5.76 Å². The second kappa shape index (κ2) is 5.53. The van der Waals surface area contributed by atoms with Crippen LogP contribution in [0.1, 0.15) is 24.4 Å². The fourth-order valence-electron chi connectivity index (χ4n) is 1.37. The van der Waals surface area contributed by atoms with Crippen molar-refractivity contribution in [1.29, 1.82) is 0 Å². The molecule has 2 rings (SSSR count). The Kier molecular flexibility index (Phi) is 3.82. The molecule has 0 saturated heterocycles. The average Bonchev–Trinajstić information content (AvgIpc) is 3.04. The zero-order valence-electron chi connectivity index (χ0n) is 10.1. The number of amides is 1. The largest absolute Gasteiger partial charge is 0.462 e. The molecule has 1 saturated carbocycles. The topological polar surface area (TPSA) is 68.5 Å². The van der Waals surface area contributed by atoms with Crippen molar-refractivity contribution >= 4 is 18.0 Å². The van der Waals surface area contributed by atoms with Crippen LogP contribution in [-0.4, -0.2) is 24.5 Å². The Morgan fingerprint density at radius 2 is 2.28 bits per heavy atom.